The number of nitro benzene ring substituents is 1. The van der Waals surface area contributed by atoms with Crippen LogP contribution in [0, 0.1) is 17.0 Å². The van der Waals surface area contributed by atoms with Gasteiger partial charge >= 0.3 is 5.69 Å². The summed E-state index contributed by atoms with van der Waals surface area (Å²) in [7, 11) is 2.94. The van der Waals surface area contributed by atoms with Crippen molar-refractivity contribution in [3.05, 3.63) is 65.0 Å². The second-order valence-electron chi connectivity index (χ2n) is 5.66. The van der Waals surface area contributed by atoms with Crippen LogP contribution in [-0.4, -0.2) is 23.6 Å². The van der Waals surface area contributed by atoms with Gasteiger partial charge in [0, 0.05) is 25.7 Å². The van der Waals surface area contributed by atoms with E-state index in [-0.39, 0.29) is 17.7 Å². The molecule has 0 amide bonds. The van der Waals surface area contributed by atoms with Crippen molar-refractivity contribution in [1.29, 1.82) is 0 Å². The zero-order chi connectivity index (χ0) is 18.5. The number of aromatic nitrogens is 4. The van der Waals surface area contributed by atoms with Crippen LogP contribution < -0.4 is 11.2 Å². The minimum atomic E-state index is -0.492. The van der Waals surface area contributed by atoms with E-state index < -0.39 is 16.2 Å². The van der Waals surface area contributed by atoms with E-state index >= 15 is 0 Å². The molecule has 10 heteroatoms. The first-order chi connectivity index (χ1) is 11.7. The average Bonchev–Trinajstić information content (AvgIpc) is 2.89. The number of fused-ring (bicyclic) bond motifs is 1. The van der Waals surface area contributed by atoms with E-state index in [1.54, 1.807) is 30.7 Å². The van der Waals surface area contributed by atoms with Crippen molar-refractivity contribution in [3.63, 3.8) is 0 Å². The largest absolute Gasteiger partial charge is 0.332 e. The summed E-state index contributed by atoms with van der Waals surface area (Å²) in [6.45, 7) is 1.89. The predicted molar refractivity (Wildman–Crippen MR) is 94.9 cm³/mol. The van der Waals surface area contributed by atoms with Crippen molar-refractivity contribution in [3.8, 4) is 0 Å². The lowest BCUT2D eigenvalue weighted by Crippen LogP contribution is -2.37. The average molecular weight is 408 g/mol. The van der Waals surface area contributed by atoms with Crippen LogP contribution in [0.2, 0.25) is 0 Å². The molecule has 0 saturated carbocycles. The highest BCUT2D eigenvalue weighted by atomic mass is 79.9. The molecule has 9 nitrogen and oxygen atoms in total. The fraction of sp³-hybridized carbons (Fsp3) is 0.267. The Kier molecular flexibility index (Phi) is 4.07. The van der Waals surface area contributed by atoms with Crippen LogP contribution in [0.1, 0.15) is 11.1 Å². The summed E-state index contributed by atoms with van der Waals surface area (Å²) in [4.78, 5) is 39.4. The minimum Gasteiger partial charge on any atom is -0.300 e. The van der Waals surface area contributed by atoms with Gasteiger partial charge in [0.15, 0.2) is 15.9 Å². The van der Waals surface area contributed by atoms with Crippen molar-refractivity contribution < 1.29 is 4.92 Å². The highest BCUT2D eigenvalue weighted by Gasteiger charge is 2.20. The molecule has 0 aliphatic carbocycles. The Bertz CT molecular complexity index is 1140. The Morgan fingerprint density at radius 1 is 1.24 bits per heavy atom. The second kappa shape index (κ2) is 5.96. The summed E-state index contributed by atoms with van der Waals surface area (Å²) in [5.74, 6) is 0. The van der Waals surface area contributed by atoms with E-state index in [2.05, 4.69) is 20.9 Å². The first-order valence-corrected chi connectivity index (χ1v) is 8.08. The minimum absolute atomic E-state index is 0.0165. The second-order valence-corrected chi connectivity index (χ2v) is 6.37. The number of aryl methyl sites for hydroxylation is 1. The lowest BCUT2D eigenvalue weighted by Gasteiger charge is -2.11. The van der Waals surface area contributed by atoms with Gasteiger partial charge in [-0.2, -0.15) is 0 Å². The first kappa shape index (κ1) is 17.1. The number of nitro groups is 1. The Hall–Kier alpha value is -2.75. The number of imidazole rings is 1. The molecule has 3 rings (SSSR count). The third-order valence-electron chi connectivity index (χ3n) is 4.24. The zero-order valence-electron chi connectivity index (χ0n) is 13.7. The summed E-state index contributed by atoms with van der Waals surface area (Å²) in [5, 5.41) is 11.1. The van der Waals surface area contributed by atoms with E-state index in [9.17, 15) is 19.7 Å². The molecule has 0 aliphatic rings. The van der Waals surface area contributed by atoms with Gasteiger partial charge in [0.1, 0.15) is 0 Å². The SMILES string of the molecule is Cc1c(Cn2c(Br)nc3c(=O)n(C)c(=O)n(C)c32)cccc1[N+](=O)[O-]. The summed E-state index contributed by atoms with van der Waals surface area (Å²) >= 11 is 3.31. The number of halogens is 1. The van der Waals surface area contributed by atoms with E-state index in [4.69, 9.17) is 0 Å². The van der Waals surface area contributed by atoms with Gasteiger partial charge in [0.2, 0.25) is 0 Å². The van der Waals surface area contributed by atoms with Crippen molar-refractivity contribution in [2.24, 2.45) is 14.1 Å². The Morgan fingerprint density at radius 3 is 2.56 bits per heavy atom. The molecular formula is C15H14BrN5O4. The third-order valence-corrected chi connectivity index (χ3v) is 4.84. The molecule has 1 aromatic carbocycles. The summed E-state index contributed by atoms with van der Waals surface area (Å²) < 4.78 is 4.34. The maximum atomic E-state index is 12.3. The normalized spacial score (nSPS) is 11.2. The fourth-order valence-corrected chi connectivity index (χ4v) is 3.28. The van der Waals surface area contributed by atoms with Crippen molar-refractivity contribution in [2.45, 2.75) is 13.5 Å². The topological polar surface area (TPSA) is 105 Å². The van der Waals surface area contributed by atoms with Crippen LogP contribution in [0.25, 0.3) is 11.2 Å². The number of hydrogen-bond acceptors (Lipinski definition) is 5. The summed E-state index contributed by atoms with van der Waals surface area (Å²) in [6.07, 6.45) is 0. The Balaban J connectivity index is 2.27. The molecule has 0 radical (unpaired) electrons. The van der Waals surface area contributed by atoms with Gasteiger partial charge in [-0.3, -0.25) is 28.6 Å². The van der Waals surface area contributed by atoms with Gasteiger partial charge in [0.25, 0.3) is 11.2 Å². The van der Waals surface area contributed by atoms with Gasteiger partial charge in [-0.05, 0) is 28.4 Å². The maximum Gasteiger partial charge on any atom is 0.332 e. The lowest BCUT2D eigenvalue weighted by atomic mass is 10.1. The smallest absolute Gasteiger partial charge is 0.300 e. The number of hydrogen-bond donors (Lipinski definition) is 0. The highest BCUT2D eigenvalue weighted by Crippen LogP contribution is 2.24. The lowest BCUT2D eigenvalue weighted by molar-refractivity contribution is -0.385. The Morgan fingerprint density at radius 2 is 1.92 bits per heavy atom. The third kappa shape index (κ3) is 2.58. The van der Waals surface area contributed by atoms with Gasteiger partial charge in [-0.1, -0.05) is 12.1 Å². The number of rotatable bonds is 3. The van der Waals surface area contributed by atoms with E-state index in [0.717, 1.165) is 4.57 Å². The number of nitrogens with zero attached hydrogens (tertiary/aromatic N) is 5. The molecule has 0 saturated heterocycles. The maximum absolute atomic E-state index is 12.3. The van der Waals surface area contributed by atoms with Gasteiger partial charge in [-0.15, -0.1) is 0 Å². The molecule has 0 unspecified atom stereocenters. The molecule has 0 fully saturated rings. The van der Waals surface area contributed by atoms with E-state index in [1.807, 2.05) is 0 Å². The highest BCUT2D eigenvalue weighted by molar-refractivity contribution is 9.10. The molecule has 0 N–H and O–H groups in total. The summed E-state index contributed by atoms with van der Waals surface area (Å²) in [6, 6.07) is 4.80. The van der Waals surface area contributed by atoms with Crippen LogP contribution in [0.4, 0.5) is 5.69 Å². The van der Waals surface area contributed by atoms with Crippen LogP contribution in [-0.2, 0) is 20.6 Å². The predicted octanol–water partition coefficient (Wildman–Crippen LogP) is 1.46. The van der Waals surface area contributed by atoms with Crippen LogP contribution in [0.5, 0.6) is 0 Å². The Labute approximate surface area is 149 Å². The molecule has 0 bridgehead atoms. The molecular weight excluding hydrogens is 394 g/mol. The molecule has 0 atom stereocenters. The van der Waals surface area contributed by atoms with Gasteiger partial charge in [0.05, 0.1) is 11.5 Å². The molecule has 3 aromatic rings. The van der Waals surface area contributed by atoms with Crippen molar-refractivity contribution in [2.75, 3.05) is 0 Å². The standard InChI is InChI=1S/C15H14BrN5O4/c1-8-9(5-4-6-10(8)21(24)25)7-20-12-11(17-14(20)16)13(22)19(3)15(23)18(12)2/h4-6H,7H2,1-3H3. The quantitative estimate of drug-likeness (QED) is 0.371. The van der Waals surface area contributed by atoms with Crippen LogP contribution >= 0.6 is 15.9 Å². The van der Waals surface area contributed by atoms with Gasteiger partial charge < -0.3 is 0 Å². The van der Waals surface area contributed by atoms with E-state index in [1.165, 1.54) is 17.7 Å². The first-order valence-electron chi connectivity index (χ1n) is 7.28. The number of benzene rings is 1. The molecule has 0 spiro atoms. The van der Waals surface area contributed by atoms with E-state index in [0.29, 0.717) is 21.5 Å². The molecule has 25 heavy (non-hydrogen) atoms. The van der Waals surface area contributed by atoms with Crippen LogP contribution in [0.3, 0.4) is 0 Å². The van der Waals surface area contributed by atoms with Crippen molar-refractivity contribution in [1.82, 2.24) is 18.7 Å². The van der Waals surface area contributed by atoms with Gasteiger partial charge in [-0.25, -0.2) is 9.78 Å². The molecule has 2 heterocycles. The molecule has 0 aliphatic heterocycles. The van der Waals surface area contributed by atoms with Crippen LogP contribution in [0.15, 0.2) is 32.5 Å². The molecule has 2 aromatic heterocycles. The molecule has 130 valence electrons. The fourth-order valence-electron chi connectivity index (χ4n) is 2.81. The monoisotopic (exact) mass is 407 g/mol. The van der Waals surface area contributed by atoms with Crippen molar-refractivity contribution >= 4 is 32.8 Å². The zero-order valence-corrected chi connectivity index (χ0v) is 15.3. The summed E-state index contributed by atoms with van der Waals surface area (Å²) in [5.41, 5.74) is 0.779.